The summed E-state index contributed by atoms with van der Waals surface area (Å²) in [6.45, 7) is 2.33. The van der Waals surface area contributed by atoms with Crippen LogP contribution in [0, 0.1) is 11.8 Å². The average Bonchev–Trinajstić information content (AvgIpc) is 3.02. The van der Waals surface area contributed by atoms with Crippen molar-refractivity contribution in [1.29, 1.82) is 0 Å². The predicted octanol–water partition coefficient (Wildman–Crippen LogP) is 2.38. The van der Waals surface area contributed by atoms with Gasteiger partial charge in [-0.15, -0.1) is 12.4 Å². The van der Waals surface area contributed by atoms with Crippen LogP contribution in [0.25, 0.3) is 11.2 Å². The summed E-state index contributed by atoms with van der Waals surface area (Å²) in [4.78, 5) is 4.35. The lowest BCUT2D eigenvalue weighted by molar-refractivity contribution is 0.536. The van der Waals surface area contributed by atoms with Gasteiger partial charge in [0.05, 0.1) is 0 Å². The van der Waals surface area contributed by atoms with Gasteiger partial charge >= 0.3 is 0 Å². The van der Waals surface area contributed by atoms with Crippen molar-refractivity contribution in [3.63, 3.8) is 0 Å². The Morgan fingerprint density at radius 3 is 3.11 bits per heavy atom. The van der Waals surface area contributed by atoms with E-state index < -0.39 is 0 Å². The van der Waals surface area contributed by atoms with Crippen molar-refractivity contribution in [3.05, 3.63) is 42.4 Å². The topological polar surface area (TPSA) is 29.3 Å². The summed E-state index contributed by atoms with van der Waals surface area (Å²) < 4.78 is 2.06. The van der Waals surface area contributed by atoms with Gasteiger partial charge in [0.25, 0.3) is 0 Å². The molecule has 0 bridgehead atoms. The standard InChI is InChI=1S/C14H15N3.ClH/c1-3-17-4-2-16-14(17)7-10(1)11-5-12-8-15-9-13(12)6-11;/h1-5,7,12-13,15H,6,8-9H2;1H/t12-,13+;/m0./s1. The highest BCUT2D eigenvalue weighted by Gasteiger charge is 2.31. The third kappa shape index (κ3) is 1.74. The first-order valence-corrected chi connectivity index (χ1v) is 6.25. The minimum atomic E-state index is 0. The van der Waals surface area contributed by atoms with Crippen LogP contribution in [0.2, 0.25) is 0 Å². The second-order valence-corrected chi connectivity index (χ2v) is 5.09. The molecule has 4 rings (SSSR count). The molecule has 2 atom stereocenters. The number of aromatic nitrogens is 2. The highest BCUT2D eigenvalue weighted by Crippen LogP contribution is 2.38. The number of fused-ring (bicyclic) bond motifs is 2. The molecule has 0 radical (unpaired) electrons. The van der Waals surface area contributed by atoms with Gasteiger partial charge < -0.3 is 9.72 Å². The lowest BCUT2D eigenvalue weighted by Crippen LogP contribution is -2.09. The molecule has 2 aromatic rings. The van der Waals surface area contributed by atoms with Crippen LogP contribution >= 0.6 is 12.4 Å². The number of rotatable bonds is 1. The zero-order valence-electron chi connectivity index (χ0n) is 10.0. The molecule has 1 aliphatic carbocycles. The monoisotopic (exact) mass is 261 g/mol. The van der Waals surface area contributed by atoms with Crippen molar-refractivity contribution in [1.82, 2.24) is 14.7 Å². The molecule has 94 valence electrons. The van der Waals surface area contributed by atoms with Crippen molar-refractivity contribution >= 4 is 23.6 Å². The Hall–Kier alpha value is -1.32. The van der Waals surface area contributed by atoms with Gasteiger partial charge in [0.2, 0.25) is 0 Å². The summed E-state index contributed by atoms with van der Waals surface area (Å²) in [5.74, 6) is 1.57. The van der Waals surface area contributed by atoms with Crippen LogP contribution in [0.4, 0.5) is 0 Å². The number of nitrogens with one attached hydrogen (secondary N) is 1. The summed E-state index contributed by atoms with van der Waals surface area (Å²) in [6.07, 6.45) is 9.61. The van der Waals surface area contributed by atoms with E-state index in [0.717, 1.165) is 24.0 Å². The molecule has 3 nitrogen and oxygen atoms in total. The first-order chi connectivity index (χ1) is 8.40. The minimum Gasteiger partial charge on any atom is -0.316 e. The number of pyridine rings is 1. The largest absolute Gasteiger partial charge is 0.316 e. The molecule has 1 N–H and O–H groups in total. The van der Waals surface area contributed by atoms with Crippen LogP contribution in [0.1, 0.15) is 12.0 Å². The molecule has 0 spiro atoms. The van der Waals surface area contributed by atoms with Gasteiger partial charge in [0.1, 0.15) is 5.65 Å². The molecule has 18 heavy (non-hydrogen) atoms. The first-order valence-electron chi connectivity index (χ1n) is 6.25. The van der Waals surface area contributed by atoms with Gasteiger partial charge in [-0.1, -0.05) is 6.08 Å². The molecule has 2 aliphatic rings. The van der Waals surface area contributed by atoms with E-state index in [4.69, 9.17) is 0 Å². The minimum absolute atomic E-state index is 0. The fourth-order valence-corrected chi connectivity index (χ4v) is 3.10. The van der Waals surface area contributed by atoms with Crippen LogP contribution in [0.15, 0.2) is 36.8 Å². The number of hydrogen-bond acceptors (Lipinski definition) is 2. The maximum atomic E-state index is 4.35. The Balaban J connectivity index is 0.000001000. The van der Waals surface area contributed by atoms with Crippen molar-refractivity contribution < 1.29 is 0 Å². The molecule has 3 heterocycles. The molecule has 1 aliphatic heterocycles. The lowest BCUT2D eigenvalue weighted by atomic mass is 9.99. The Morgan fingerprint density at radius 1 is 1.28 bits per heavy atom. The third-order valence-electron chi connectivity index (χ3n) is 4.06. The van der Waals surface area contributed by atoms with Gasteiger partial charge in [0, 0.05) is 25.1 Å². The van der Waals surface area contributed by atoms with E-state index in [1.54, 1.807) is 0 Å². The van der Waals surface area contributed by atoms with E-state index in [1.807, 2.05) is 12.4 Å². The summed E-state index contributed by atoms with van der Waals surface area (Å²) in [5, 5.41) is 3.46. The van der Waals surface area contributed by atoms with Gasteiger partial charge in [-0.2, -0.15) is 0 Å². The lowest BCUT2D eigenvalue weighted by Gasteiger charge is -2.06. The smallest absolute Gasteiger partial charge is 0.137 e. The summed E-state index contributed by atoms with van der Waals surface area (Å²) in [5.41, 5.74) is 3.89. The first kappa shape index (κ1) is 11.8. The molecule has 0 amide bonds. The molecular formula is C14H16ClN3. The summed E-state index contributed by atoms with van der Waals surface area (Å²) in [7, 11) is 0. The van der Waals surface area contributed by atoms with E-state index in [1.165, 1.54) is 24.1 Å². The molecule has 0 aromatic carbocycles. The highest BCUT2D eigenvalue weighted by molar-refractivity contribution is 5.85. The number of hydrogen-bond donors (Lipinski definition) is 1. The SMILES string of the molecule is C1=C(c2ccn3ccnc3c2)C[C@@H]2CNC[C@H]12.Cl. The van der Waals surface area contributed by atoms with Crippen molar-refractivity contribution in [3.8, 4) is 0 Å². The molecular weight excluding hydrogens is 246 g/mol. The second-order valence-electron chi connectivity index (χ2n) is 5.09. The highest BCUT2D eigenvalue weighted by atomic mass is 35.5. The van der Waals surface area contributed by atoms with Crippen LogP contribution in [-0.2, 0) is 0 Å². The summed E-state index contributed by atoms with van der Waals surface area (Å²) in [6, 6.07) is 4.40. The zero-order valence-corrected chi connectivity index (χ0v) is 10.9. The van der Waals surface area contributed by atoms with Crippen molar-refractivity contribution in [2.24, 2.45) is 11.8 Å². The van der Waals surface area contributed by atoms with E-state index in [9.17, 15) is 0 Å². The van der Waals surface area contributed by atoms with Crippen LogP contribution < -0.4 is 5.32 Å². The third-order valence-corrected chi connectivity index (χ3v) is 4.06. The zero-order chi connectivity index (χ0) is 11.2. The quantitative estimate of drug-likeness (QED) is 0.854. The molecule has 1 saturated heterocycles. The Morgan fingerprint density at radius 2 is 2.22 bits per heavy atom. The van der Waals surface area contributed by atoms with Gasteiger partial charge in [0.15, 0.2) is 0 Å². The Bertz CT molecular complexity index is 602. The van der Waals surface area contributed by atoms with Gasteiger partial charge in [-0.3, -0.25) is 0 Å². The van der Waals surface area contributed by atoms with Crippen molar-refractivity contribution in [2.45, 2.75) is 6.42 Å². The fraction of sp³-hybridized carbons (Fsp3) is 0.357. The Kier molecular flexibility index (Phi) is 2.88. The van der Waals surface area contributed by atoms with E-state index in [2.05, 4.69) is 39.1 Å². The predicted molar refractivity (Wildman–Crippen MR) is 74.9 cm³/mol. The van der Waals surface area contributed by atoms with Gasteiger partial charge in [-0.25, -0.2) is 4.98 Å². The maximum absolute atomic E-state index is 4.35. The number of halogens is 1. The number of allylic oxidation sites excluding steroid dienone is 1. The number of nitrogens with zero attached hydrogens (tertiary/aromatic N) is 2. The average molecular weight is 262 g/mol. The van der Waals surface area contributed by atoms with Crippen LogP contribution in [0.5, 0.6) is 0 Å². The summed E-state index contributed by atoms with van der Waals surface area (Å²) >= 11 is 0. The van der Waals surface area contributed by atoms with Crippen LogP contribution in [0.3, 0.4) is 0 Å². The molecule has 0 unspecified atom stereocenters. The Labute approximate surface area is 112 Å². The maximum Gasteiger partial charge on any atom is 0.137 e. The fourth-order valence-electron chi connectivity index (χ4n) is 3.10. The molecule has 0 saturated carbocycles. The van der Waals surface area contributed by atoms with Crippen LogP contribution in [-0.4, -0.2) is 22.5 Å². The van der Waals surface area contributed by atoms with Crippen molar-refractivity contribution in [2.75, 3.05) is 13.1 Å². The van der Waals surface area contributed by atoms with E-state index >= 15 is 0 Å². The number of imidazole rings is 1. The molecule has 1 fully saturated rings. The normalized spacial score (nSPS) is 25.9. The molecule has 4 heteroatoms. The van der Waals surface area contributed by atoms with E-state index in [-0.39, 0.29) is 12.4 Å². The second kappa shape index (κ2) is 4.41. The van der Waals surface area contributed by atoms with E-state index in [0.29, 0.717) is 0 Å². The molecule has 2 aromatic heterocycles. The van der Waals surface area contributed by atoms with Gasteiger partial charge in [-0.05, 0) is 48.1 Å².